The number of unbranched alkanes of at least 4 members (excludes halogenated alkanes) is 1. The van der Waals surface area contributed by atoms with Crippen LogP contribution in [0.2, 0.25) is 0 Å². The average Bonchev–Trinajstić information content (AvgIpc) is 3.00. The molecule has 0 aliphatic carbocycles. The SMILES string of the molecule is CCCCC1(N2CCNC2=O)CCOCC1C1CCNCC1. The van der Waals surface area contributed by atoms with Crippen molar-refractivity contribution in [3.63, 3.8) is 0 Å². The van der Waals surface area contributed by atoms with Gasteiger partial charge in [-0.05, 0) is 44.7 Å². The number of urea groups is 1. The van der Waals surface area contributed by atoms with Crippen LogP contribution >= 0.6 is 0 Å². The van der Waals surface area contributed by atoms with Crippen molar-refractivity contribution in [2.75, 3.05) is 39.4 Å². The Balaban J connectivity index is 1.86. The minimum atomic E-state index is 0.0247. The Morgan fingerprint density at radius 1 is 1.32 bits per heavy atom. The first-order valence-electron chi connectivity index (χ1n) is 9.12. The largest absolute Gasteiger partial charge is 0.381 e. The molecule has 0 saturated carbocycles. The van der Waals surface area contributed by atoms with Crippen molar-refractivity contribution in [3.8, 4) is 0 Å². The fourth-order valence-corrected chi connectivity index (χ4v) is 4.78. The molecule has 22 heavy (non-hydrogen) atoms. The van der Waals surface area contributed by atoms with Gasteiger partial charge in [0, 0.05) is 25.6 Å². The molecular weight excluding hydrogens is 278 g/mol. The minimum absolute atomic E-state index is 0.0247. The van der Waals surface area contributed by atoms with Crippen LogP contribution in [0.15, 0.2) is 0 Å². The molecule has 0 aromatic rings. The maximum absolute atomic E-state index is 12.4. The molecule has 3 saturated heterocycles. The molecule has 5 heteroatoms. The van der Waals surface area contributed by atoms with E-state index in [1.807, 2.05) is 0 Å². The van der Waals surface area contributed by atoms with Gasteiger partial charge in [-0.2, -0.15) is 0 Å². The van der Waals surface area contributed by atoms with Crippen LogP contribution in [0, 0.1) is 11.8 Å². The number of carbonyl (C=O) groups excluding carboxylic acids is 1. The molecule has 0 spiro atoms. The molecule has 5 nitrogen and oxygen atoms in total. The first-order chi connectivity index (χ1) is 10.8. The van der Waals surface area contributed by atoms with Crippen LogP contribution in [-0.2, 0) is 4.74 Å². The second-order valence-corrected chi connectivity index (χ2v) is 7.11. The molecule has 0 aromatic carbocycles. The van der Waals surface area contributed by atoms with Crippen LogP contribution in [-0.4, -0.2) is 55.9 Å². The lowest BCUT2D eigenvalue weighted by molar-refractivity contribution is -0.0852. The highest BCUT2D eigenvalue weighted by molar-refractivity contribution is 5.77. The molecule has 2 amide bonds. The molecule has 0 radical (unpaired) electrons. The van der Waals surface area contributed by atoms with Gasteiger partial charge in [0.25, 0.3) is 0 Å². The second kappa shape index (κ2) is 7.18. The molecular formula is C17H31N3O2. The molecule has 126 valence electrons. The highest BCUT2D eigenvalue weighted by atomic mass is 16.5. The highest BCUT2D eigenvalue weighted by Gasteiger charge is 2.51. The smallest absolute Gasteiger partial charge is 0.317 e. The Hall–Kier alpha value is -0.810. The molecule has 3 aliphatic heterocycles. The lowest BCUT2D eigenvalue weighted by Gasteiger charge is -2.52. The van der Waals surface area contributed by atoms with E-state index >= 15 is 0 Å². The number of rotatable bonds is 5. The van der Waals surface area contributed by atoms with E-state index in [9.17, 15) is 4.79 Å². The molecule has 2 N–H and O–H groups in total. The number of nitrogens with zero attached hydrogens (tertiary/aromatic N) is 1. The van der Waals surface area contributed by atoms with Gasteiger partial charge in [-0.3, -0.25) is 0 Å². The first-order valence-corrected chi connectivity index (χ1v) is 9.12. The van der Waals surface area contributed by atoms with Crippen molar-refractivity contribution >= 4 is 6.03 Å². The molecule has 3 fully saturated rings. The summed E-state index contributed by atoms with van der Waals surface area (Å²) in [7, 11) is 0. The van der Waals surface area contributed by atoms with Crippen molar-refractivity contribution in [2.45, 2.75) is 51.0 Å². The third-order valence-corrected chi connectivity index (χ3v) is 5.98. The Morgan fingerprint density at radius 2 is 2.14 bits per heavy atom. The first kappa shape index (κ1) is 16.1. The van der Waals surface area contributed by atoms with Gasteiger partial charge in [0.2, 0.25) is 0 Å². The maximum atomic E-state index is 12.4. The molecule has 0 aromatic heterocycles. The number of piperidine rings is 1. The quantitative estimate of drug-likeness (QED) is 0.816. The summed E-state index contributed by atoms with van der Waals surface area (Å²) in [4.78, 5) is 14.6. The summed E-state index contributed by atoms with van der Waals surface area (Å²) in [6.07, 6.45) is 6.97. The fraction of sp³-hybridized carbons (Fsp3) is 0.941. The number of hydrogen-bond acceptors (Lipinski definition) is 3. The molecule has 3 heterocycles. The van der Waals surface area contributed by atoms with Crippen LogP contribution in [0.5, 0.6) is 0 Å². The number of hydrogen-bond donors (Lipinski definition) is 2. The van der Waals surface area contributed by atoms with E-state index in [0.29, 0.717) is 11.8 Å². The average molecular weight is 309 g/mol. The summed E-state index contributed by atoms with van der Waals surface area (Å²) in [5, 5.41) is 6.49. The summed E-state index contributed by atoms with van der Waals surface area (Å²) in [6, 6.07) is 0.150. The Kier molecular flexibility index (Phi) is 5.24. The van der Waals surface area contributed by atoms with Crippen molar-refractivity contribution in [1.82, 2.24) is 15.5 Å². The van der Waals surface area contributed by atoms with Gasteiger partial charge in [-0.25, -0.2) is 4.79 Å². The van der Waals surface area contributed by atoms with Gasteiger partial charge < -0.3 is 20.3 Å². The van der Waals surface area contributed by atoms with Gasteiger partial charge in [0.15, 0.2) is 0 Å². The van der Waals surface area contributed by atoms with Crippen LogP contribution in [0.25, 0.3) is 0 Å². The van der Waals surface area contributed by atoms with E-state index in [0.717, 1.165) is 52.2 Å². The van der Waals surface area contributed by atoms with Gasteiger partial charge in [0.1, 0.15) is 0 Å². The number of nitrogens with one attached hydrogen (secondary N) is 2. The van der Waals surface area contributed by atoms with E-state index < -0.39 is 0 Å². The predicted molar refractivity (Wildman–Crippen MR) is 86.9 cm³/mol. The summed E-state index contributed by atoms with van der Waals surface area (Å²) in [5.74, 6) is 1.19. The topological polar surface area (TPSA) is 53.6 Å². The molecule has 3 aliphatic rings. The van der Waals surface area contributed by atoms with Crippen LogP contribution in [0.3, 0.4) is 0 Å². The van der Waals surface area contributed by atoms with Gasteiger partial charge in [-0.15, -0.1) is 0 Å². The monoisotopic (exact) mass is 309 g/mol. The lowest BCUT2D eigenvalue weighted by Crippen LogP contribution is -2.61. The third kappa shape index (κ3) is 2.98. The predicted octanol–water partition coefficient (Wildman–Crippen LogP) is 1.98. The van der Waals surface area contributed by atoms with E-state index in [1.54, 1.807) is 0 Å². The summed E-state index contributed by atoms with van der Waals surface area (Å²) in [6.45, 7) is 7.76. The molecule has 0 bridgehead atoms. The fourth-order valence-electron chi connectivity index (χ4n) is 4.78. The number of amides is 2. The second-order valence-electron chi connectivity index (χ2n) is 7.11. The lowest BCUT2D eigenvalue weighted by atomic mass is 9.67. The Morgan fingerprint density at radius 3 is 2.82 bits per heavy atom. The molecule has 2 atom stereocenters. The molecule has 3 rings (SSSR count). The summed E-state index contributed by atoms with van der Waals surface area (Å²) in [5.41, 5.74) is 0.0247. The van der Waals surface area contributed by atoms with Crippen molar-refractivity contribution in [2.24, 2.45) is 11.8 Å². The zero-order valence-corrected chi connectivity index (χ0v) is 13.9. The van der Waals surface area contributed by atoms with Crippen molar-refractivity contribution in [3.05, 3.63) is 0 Å². The van der Waals surface area contributed by atoms with Gasteiger partial charge in [-0.1, -0.05) is 19.8 Å². The van der Waals surface area contributed by atoms with E-state index in [1.165, 1.54) is 25.7 Å². The minimum Gasteiger partial charge on any atom is -0.381 e. The zero-order chi connectivity index (χ0) is 15.4. The van der Waals surface area contributed by atoms with Crippen molar-refractivity contribution in [1.29, 1.82) is 0 Å². The van der Waals surface area contributed by atoms with Crippen LogP contribution < -0.4 is 10.6 Å². The van der Waals surface area contributed by atoms with Crippen LogP contribution in [0.4, 0.5) is 4.79 Å². The summed E-state index contributed by atoms with van der Waals surface area (Å²) < 4.78 is 5.89. The Labute approximate surface area is 134 Å². The van der Waals surface area contributed by atoms with E-state index in [4.69, 9.17) is 4.74 Å². The maximum Gasteiger partial charge on any atom is 0.317 e. The zero-order valence-electron chi connectivity index (χ0n) is 13.9. The van der Waals surface area contributed by atoms with Gasteiger partial charge in [0.05, 0.1) is 12.1 Å². The van der Waals surface area contributed by atoms with E-state index in [-0.39, 0.29) is 11.6 Å². The Bertz CT molecular complexity index is 384. The number of carbonyl (C=O) groups is 1. The molecule has 2 unspecified atom stereocenters. The van der Waals surface area contributed by atoms with Gasteiger partial charge >= 0.3 is 6.03 Å². The summed E-state index contributed by atoms with van der Waals surface area (Å²) >= 11 is 0. The normalized spacial score (nSPS) is 34.0. The van der Waals surface area contributed by atoms with Crippen molar-refractivity contribution < 1.29 is 9.53 Å². The standard InChI is InChI=1S/C17H31N3O2/c1-2-3-6-17(20-11-10-19-16(20)21)7-12-22-13-15(17)14-4-8-18-9-5-14/h14-15,18H,2-13H2,1H3,(H,19,21). The van der Waals surface area contributed by atoms with Crippen LogP contribution in [0.1, 0.15) is 45.4 Å². The third-order valence-electron chi connectivity index (χ3n) is 5.98. The van der Waals surface area contributed by atoms with E-state index in [2.05, 4.69) is 22.5 Å². The highest BCUT2D eigenvalue weighted by Crippen LogP contribution is 2.44. The number of ether oxygens (including phenoxy) is 1.